The van der Waals surface area contributed by atoms with E-state index in [0.29, 0.717) is 43.5 Å². The summed E-state index contributed by atoms with van der Waals surface area (Å²) >= 11 is 0. The fourth-order valence-electron chi connectivity index (χ4n) is 6.18. The molecule has 3 heterocycles. The molecule has 3 aliphatic rings. The molecular weight excluding hydrogens is 692 g/mol. The summed E-state index contributed by atoms with van der Waals surface area (Å²) in [7, 11) is 0. The van der Waals surface area contributed by atoms with E-state index >= 15 is 0 Å². The number of esters is 1. The van der Waals surface area contributed by atoms with Crippen molar-refractivity contribution >= 4 is 41.6 Å². The molecule has 0 radical (unpaired) electrons. The molecular formula is C37H26N4O12. The number of ether oxygens (including phenoxy) is 4. The van der Waals surface area contributed by atoms with Crippen molar-refractivity contribution in [2.24, 2.45) is 5.10 Å². The molecule has 0 aromatic heterocycles. The van der Waals surface area contributed by atoms with Crippen LogP contribution in [0, 0.1) is 10.1 Å². The fourth-order valence-corrected chi connectivity index (χ4v) is 6.18. The molecule has 3 amide bonds. The Labute approximate surface area is 299 Å². The predicted octanol–water partition coefficient (Wildman–Crippen LogP) is 3.94. The smallest absolute Gasteiger partial charge is 0.340 e. The highest BCUT2D eigenvalue weighted by Gasteiger charge is 2.53. The van der Waals surface area contributed by atoms with Crippen LogP contribution in [0.4, 0.5) is 5.69 Å². The zero-order valence-corrected chi connectivity index (χ0v) is 27.4. The van der Waals surface area contributed by atoms with Crippen LogP contribution in [0.5, 0.6) is 23.0 Å². The molecule has 7 rings (SSSR count). The lowest BCUT2D eigenvalue weighted by molar-refractivity contribution is -0.385. The number of carbonyl (C=O) groups excluding carboxylic acids is 4. The molecule has 53 heavy (non-hydrogen) atoms. The van der Waals surface area contributed by atoms with Crippen LogP contribution in [0.1, 0.15) is 32.6 Å². The second-order valence-corrected chi connectivity index (χ2v) is 11.8. The molecule has 0 saturated heterocycles. The standard InChI is InChI=1S/C37H26N4O12/c42-32-13-14-33(43)39(32)19-34(44)40(20-35(45)46)38-15-16-50-23-9-11-27-30(17-23)52-31-18-24(51-21-22-5-1-4-8-29(22)41(48)49)10-12-28(31)37(27)26-7-3-2-6-25(26)36(47)53-37/h1-15,17-18H,16,19-21H2,(H,45,46). The lowest BCUT2D eigenvalue weighted by Crippen LogP contribution is -2.42. The fraction of sp³-hybridized carbons (Fsp3) is 0.135. The van der Waals surface area contributed by atoms with Crippen molar-refractivity contribution in [1.29, 1.82) is 0 Å². The first-order valence-corrected chi connectivity index (χ1v) is 15.9. The molecule has 1 spiro atoms. The Morgan fingerprint density at radius 2 is 1.53 bits per heavy atom. The van der Waals surface area contributed by atoms with Crippen molar-refractivity contribution in [3.8, 4) is 23.0 Å². The Morgan fingerprint density at radius 3 is 2.21 bits per heavy atom. The maximum Gasteiger partial charge on any atom is 0.340 e. The first-order chi connectivity index (χ1) is 25.5. The Kier molecular flexibility index (Phi) is 8.85. The van der Waals surface area contributed by atoms with Gasteiger partial charge in [-0.15, -0.1) is 0 Å². The maximum absolute atomic E-state index is 13.2. The van der Waals surface area contributed by atoms with E-state index in [0.717, 1.165) is 18.4 Å². The van der Waals surface area contributed by atoms with Gasteiger partial charge in [0.2, 0.25) is 0 Å². The van der Waals surface area contributed by atoms with Gasteiger partial charge in [0.15, 0.2) is 5.60 Å². The summed E-state index contributed by atoms with van der Waals surface area (Å²) in [5.74, 6) is -3.08. The van der Waals surface area contributed by atoms with Crippen molar-refractivity contribution in [2.75, 3.05) is 19.7 Å². The third-order valence-electron chi connectivity index (χ3n) is 8.55. The lowest BCUT2D eigenvalue weighted by Gasteiger charge is -2.36. The normalized spacial score (nSPS) is 16.5. The van der Waals surface area contributed by atoms with E-state index in [-0.39, 0.29) is 36.1 Å². The average molecular weight is 719 g/mol. The first-order valence-electron chi connectivity index (χ1n) is 15.9. The minimum absolute atomic E-state index is 0.0876. The van der Waals surface area contributed by atoms with Crippen LogP contribution in [0.2, 0.25) is 0 Å². The number of carboxylic acids is 1. The quantitative estimate of drug-likeness (QED) is 0.0727. The van der Waals surface area contributed by atoms with Gasteiger partial charge in [-0.3, -0.25) is 34.2 Å². The minimum Gasteiger partial charge on any atom is -0.489 e. The second kappa shape index (κ2) is 13.7. The number of para-hydroxylation sites is 1. The number of hydrogen-bond acceptors (Lipinski definition) is 12. The van der Waals surface area contributed by atoms with Gasteiger partial charge in [0.05, 0.1) is 22.3 Å². The molecule has 0 fully saturated rings. The van der Waals surface area contributed by atoms with E-state index in [1.807, 2.05) is 0 Å². The third-order valence-corrected chi connectivity index (χ3v) is 8.55. The number of carbonyl (C=O) groups is 5. The maximum atomic E-state index is 13.2. The summed E-state index contributed by atoms with van der Waals surface area (Å²) in [5, 5.41) is 25.3. The number of nitrogens with zero attached hydrogens (tertiary/aromatic N) is 4. The van der Waals surface area contributed by atoms with Crippen LogP contribution in [0.25, 0.3) is 0 Å². The summed E-state index contributed by atoms with van der Waals surface area (Å²) in [5.41, 5.74) is 0.840. The van der Waals surface area contributed by atoms with Gasteiger partial charge in [-0.25, -0.2) is 9.80 Å². The van der Waals surface area contributed by atoms with Crippen molar-refractivity contribution in [3.05, 3.63) is 135 Å². The number of hydrogen-bond donors (Lipinski definition) is 1. The molecule has 0 aliphatic carbocycles. The highest BCUT2D eigenvalue weighted by atomic mass is 16.6. The SMILES string of the molecule is O=C(O)CN(N=CCOc1ccc2c(c1)Oc1cc(OCc3ccccc3[N+](=O)[O-])ccc1C21OC(=O)c2ccccc21)C(=O)CN1C(=O)C=CC1=O. The average Bonchev–Trinajstić information content (AvgIpc) is 3.62. The van der Waals surface area contributed by atoms with Crippen molar-refractivity contribution in [1.82, 2.24) is 9.91 Å². The van der Waals surface area contributed by atoms with Crippen molar-refractivity contribution in [3.63, 3.8) is 0 Å². The summed E-state index contributed by atoms with van der Waals surface area (Å²) in [6.07, 6.45) is 3.14. The number of amides is 3. The highest BCUT2D eigenvalue weighted by Crippen LogP contribution is 2.57. The van der Waals surface area contributed by atoms with Gasteiger partial charge in [-0.05, 0) is 36.4 Å². The largest absolute Gasteiger partial charge is 0.489 e. The van der Waals surface area contributed by atoms with E-state index in [1.165, 1.54) is 6.07 Å². The molecule has 1 unspecified atom stereocenters. The third kappa shape index (κ3) is 6.40. The highest BCUT2D eigenvalue weighted by molar-refractivity contribution is 6.14. The van der Waals surface area contributed by atoms with Gasteiger partial charge in [0, 0.05) is 47.0 Å². The van der Waals surface area contributed by atoms with Crippen LogP contribution >= 0.6 is 0 Å². The Hall–Kier alpha value is -7.36. The summed E-state index contributed by atoms with van der Waals surface area (Å²) in [6.45, 7) is -1.87. The summed E-state index contributed by atoms with van der Waals surface area (Å²) in [6, 6.07) is 23.0. The zero-order valence-electron chi connectivity index (χ0n) is 27.4. The lowest BCUT2D eigenvalue weighted by atomic mass is 9.77. The topological polar surface area (TPSA) is 204 Å². The Balaban J connectivity index is 1.14. The monoisotopic (exact) mass is 718 g/mol. The van der Waals surface area contributed by atoms with Crippen LogP contribution in [-0.4, -0.2) is 75.5 Å². The van der Waals surface area contributed by atoms with Crippen molar-refractivity contribution in [2.45, 2.75) is 12.2 Å². The Bertz CT molecular complexity index is 2270. The van der Waals surface area contributed by atoms with Gasteiger partial charge in [-0.2, -0.15) is 5.10 Å². The molecule has 16 heteroatoms. The number of hydrazone groups is 1. The molecule has 266 valence electrons. The molecule has 3 aliphatic heterocycles. The summed E-state index contributed by atoms with van der Waals surface area (Å²) < 4.78 is 24.3. The van der Waals surface area contributed by atoms with E-state index in [2.05, 4.69) is 5.10 Å². The van der Waals surface area contributed by atoms with Crippen molar-refractivity contribution < 1.29 is 52.9 Å². The molecule has 16 nitrogen and oxygen atoms in total. The van der Waals surface area contributed by atoms with Crippen LogP contribution in [0.15, 0.2) is 102 Å². The molecule has 0 saturated carbocycles. The number of carboxylic acid groups (broad SMARTS) is 1. The number of benzene rings is 4. The van der Waals surface area contributed by atoms with E-state index in [4.69, 9.17) is 18.9 Å². The number of nitro benzene ring substituents is 1. The van der Waals surface area contributed by atoms with Gasteiger partial charge in [0.1, 0.15) is 49.3 Å². The Morgan fingerprint density at radius 1 is 0.887 bits per heavy atom. The number of fused-ring (bicyclic) bond motifs is 6. The molecule has 4 aromatic rings. The van der Waals surface area contributed by atoms with Crippen LogP contribution < -0.4 is 14.2 Å². The second-order valence-electron chi connectivity index (χ2n) is 11.8. The number of nitro groups is 1. The van der Waals surface area contributed by atoms with Gasteiger partial charge >= 0.3 is 11.9 Å². The van der Waals surface area contributed by atoms with E-state index in [9.17, 15) is 39.2 Å². The minimum atomic E-state index is -1.40. The molecule has 1 atom stereocenters. The first kappa shape index (κ1) is 34.1. The zero-order chi connectivity index (χ0) is 37.3. The number of imide groups is 1. The van der Waals surface area contributed by atoms with E-state index < -0.39 is 53.3 Å². The summed E-state index contributed by atoms with van der Waals surface area (Å²) in [4.78, 5) is 72.7. The predicted molar refractivity (Wildman–Crippen MR) is 181 cm³/mol. The van der Waals surface area contributed by atoms with E-state index in [1.54, 1.807) is 78.9 Å². The number of aliphatic carboxylic acids is 1. The molecule has 4 aromatic carbocycles. The number of rotatable bonds is 12. The van der Waals surface area contributed by atoms with Crippen LogP contribution in [0.3, 0.4) is 0 Å². The van der Waals surface area contributed by atoms with Gasteiger partial charge in [0.25, 0.3) is 23.4 Å². The van der Waals surface area contributed by atoms with Gasteiger partial charge < -0.3 is 24.1 Å². The molecule has 0 bridgehead atoms. The van der Waals surface area contributed by atoms with Crippen LogP contribution in [-0.2, 0) is 36.1 Å². The molecule has 1 N–H and O–H groups in total. The van der Waals surface area contributed by atoms with Gasteiger partial charge in [-0.1, -0.05) is 30.3 Å².